The average molecular weight is 167 g/mol. The van der Waals surface area contributed by atoms with Gasteiger partial charge in [-0.25, -0.2) is 4.63 Å². The molecule has 1 heterocycles. The molecule has 5 heteroatoms. The van der Waals surface area contributed by atoms with Crippen molar-refractivity contribution in [2.45, 2.75) is 13.5 Å². The van der Waals surface area contributed by atoms with Crippen molar-refractivity contribution < 1.29 is 9.42 Å². The fraction of sp³-hybridized carbons (Fsp3) is 0.286. The highest BCUT2D eigenvalue weighted by Gasteiger charge is 2.04. The van der Waals surface area contributed by atoms with Crippen molar-refractivity contribution >= 4 is 5.91 Å². The quantitative estimate of drug-likeness (QED) is 0.652. The second-order valence-electron chi connectivity index (χ2n) is 2.22. The van der Waals surface area contributed by atoms with Crippen molar-refractivity contribution in [3.8, 4) is 0 Å². The predicted octanol–water partition coefficient (Wildman–Crippen LogP) is 0.180. The Kier molecular flexibility index (Phi) is 2.57. The zero-order chi connectivity index (χ0) is 8.97. The zero-order valence-electron chi connectivity index (χ0n) is 6.70. The fourth-order valence-corrected chi connectivity index (χ4v) is 0.653. The molecule has 0 fully saturated rings. The largest absolute Gasteiger partial charge is 0.347 e. The van der Waals surface area contributed by atoms with Crippen molar-refractivity contribution in [3.05, 3.63) is 24.0 Å². The van der Waals surface area contributed by atoms with Gasteiger partial charge >= 0.3 is 0 Å². The maximum absolute atomic E-state index is 10.7. The van der Waals surface area contributed by atoms with Crippen LogP contribution < -0.4 is 5.32 Å². The van der Waals surface area contributed by atoms with E-state index in [-0.39, 0.29) is 5.91 Å². The first-order chi connectivity index (χ1) is 5.74. The van der Waals surface area contributed by atoms with Crippen LogP contribution >= 0.6 is 0 Å². The van der Waals surface area contributed by atoms with Gasteiger partial charge in [-0.1, -0.05) is 16.9 Å². The number of nitrogens with zero attached hydrogens (tertiary/aromatic N) is 2. The van der Waals surface area contributed by atoms with Gasteiger partial charge in [0.05, 0.1) is 6.54 Å². The van der Waals surface area contributed by atoms with Crippen LogP contribution in [0.1, 0.15) is 11.4 Å². The smallest absolute Gasteiger partial charge is 0.243 e. The average Bonchev–Trinajstić information content (AvgIpc) is 2.47. The molecule has 0 saturated heterocycles. The molecule has 0 aliphatic rings. The Morgan fingerprint density at radius 3 is 3.00 bits per heavy atom. The van der Waals surface area contributed by atoms with E-state index in [2.05, 4.69) is 26.8 Å². The molecule has 0 aromatic carbocycles. The number of nitrogens with one attached hydrogen (secondary N) is 1. The Balaban J connectivity index is 2.48. The van der Waals surface area contributed by atoms with Crippen LogP contribution in [0.3, 0.4) is 0 Å². The lowest BCUT2D eigenvalue weighted by Gasteiger charge is -1.96. The highest BCUT2D eigenvalue weighted by Crippen LogP contribution is 1.98. The summed E-state index contributed by atoms with van der Waals surface area (Å²) in [5, 5.41) is 9.70. The van der Waals surface area contributed by atoms with Gasteiger partial charge in [0.1, 0.15) is 11.4 Å². The lowest BCUT2D eigenvalue weighted by atomic mass is 10.3. The maximum Gasteiger partial charge on any atom is 0.243 e. The number of carbonyl (C=O) groups excluding carboxylic acids is 1. The van der Waals surface area contributed by atoms with E-state index >= 15 is 0 Å². The molecule has 0 aliphatic carbocycles. The van der Waals surface area contributed by atoms with Crippen LogP contribution in [0.4, 0.5) is 0 Å². The molecule has 0 spiro atoms. The first-order valence-electron chi connectivity index (χ1n) is 3.42. The van der Waals surface area contributed by atoms with Crippen LogP contribution in [-0.2, 0) is 11.3 Å². The molecule has 0 radical (unpaired) electrons. The van der Waals surface area contributed by atoms with Gasteiger partial charge in [-0.15, -0.1) is 0 Å². The van der Waals surface area contributed by atoms with Crippen LogP contribution in [0.25, 0.3) is 0 Å². The van der Waals surface area contributed by atoms with Gasteiger partial charge in [0.2, 0.25) is 5.91 Å². The fourth-order valence-electron chi connectivity index (χ4n) is 0.653. The standard InChI is InChI=1S/C7H9N3O2/c1-3-7(11)8-4-6-5(2)9-12-10-6/h3H,1,4H2,2H3,(H,8,11). The minimum absolute atomic E-state index is 0.239. The maximum atomic E-state index is 10.7. The normalized spacial score (nSPS) is 9.42. The first-order valence-corrected chi connectivity index (χ1v) is 3.42. The van der Waals surface area contributed by atoms with Crippen LogP contribution in [-0.4, -0.2) is 16.2 Å². The Labute approximate surface area is 69.4 Å². The minimum atomic E-state index is -0.239. The van der Waals surface area contributed by atoms with E-state index in [1.54, 1.807) is 6.92 Å². The predicted molar refractivity (Wildman–Crippen MR) is 41.1 cm³/mol. The molecule has 0 atom stereocenters. The van der Waals surface area contributed by atoms with E-state index in [1.165, 1.54) is 6.08 Å². The summed E-state index contributed by atoms with van der Waals surface area (Å²) in [5.41, 5.74) is 1.31. The summed E-state index contributed by atoms with van der Waals surface area (Å²) < 4.78 is 4.43. The van der Waals surface area contributed by atoms with Gasteiger partial charge in [0.25, 0.3) is 0 Å². The third kappa shape index (κ3) is 1.91. The summed E-state index contributed by atoms with van der Waals surface area (Å²) in [6.45, 7) is 5.39. The van der Waals surface area contributed by atoms with Crippen molar-refractivity contribution in [1.29, 1.82) is 0 Å². The molecule has 1 rings (SSSR count). The number of aromatic nitrogens is 2. The van der Waals surface area contributed by atoms with Crippen LogP contribution in [0.5, 0.6) is 0 Å². The SMILES string of the molecule is C=CC(=O)NCc1nonc1C. The Morgan fingerprint density at radius 2 is 2.50 bits per heavy atom. The summed E-state index contributed by atoms with van der Waals surface area (Å²) in [6, 6.07) is 0. The Morgan fingerprint density at radius 1 is 1.75 bits per heavy atom. The molecule has 0 aliphatic heterocycles. The van der Waals surface area contributed by atoms with E-state index in [4.69, 9.17) is 0 Å². The van der Waals surface area contributed by atoms with Crippen LogP contribution in [0.2, 0.25) is 0 Å². The van der Waals surface area contributed by atoms with Crippen LogP contribution in [0, 0.1) is 6.92 Å². The van der Waals surface area contributed by atoms with Gasteiger partial charge in [-0.05, 0) is 13.0 Å². The van der Waals surface area contributed by atoms with Gasteiger partial charge in [-0.3, -0.25) is 4.79 Å². The van der Waals surface area contributed by atoms with Crippen LogP contribution in [0.15, 0.2) is 17.3 Å². The zero-order valence-corrected chi connectivity index (χ0v) is 6.70. The molecule has 1 aromatic heterocycles. The number of carbonyl (C=O) groups is 1. The van der Waals surface area contributed by atoms with E-state index in [1.807, 2.05) is 0 Å². The summed E-state index contributed by atoms with van der Waals surface area (Å²) in [5.74, 6) is -0.239. The summed E-state index contributed by atoms with van der Waals surface area (Å²) in [4.78, 5) is 10.7. The molecular weight excluding hydrogens is 158 g/mol. The van der Waals surface area contributed by atoms with E-state index < -0.39 is 0 Å². The van der Waals surface area contributed by atoms with E-state index in [0.717, 1.165) is 0 Å². The molecule has 5 nitrogen and oxygen atoms in total. The summed E-state index contributed by atoms with van der Waals surface area (Å²) >= 11 is 0. The van der Waals surface area contributed by atoms with Crippen molar-refractivity contribution in [1.82, 2.24) is 15.6 Å². The molecule has 12 heavy (non-hydrogen) atoms. The molecule has 0 unspecified atom stereocenters. The van der Waals surface area contributed by atoms with Crippen molar-refractivity contribution in [2.75, 3.05) is 0 Å². The van der Waals surface area contributed by atoms with E-state index in [0.29, 0.717) is 17.9 Å². The Hall–Kier alpha value is -1.65. The third-order valence-corrected chi connectivity index (χ3v) is 1.36. The van der Waals surface area contributed by atoms with E-state index in [9.17, 15) is 4.79 Å². The molecule has 64 valence electrons. The molecule has 0 bridgehead atoms. The van der Waals surface area contributed by atoms with Gasteiger partial charge in [0.15, 0.2) is 0 Å². The first kappa shape index (κ1) is 8.45. The molecule has 0 saturated carbocycles. The molecule has 1 N–H and O–H groups in total. The lowest BCUT2D eigenvalue weighted by molar-refractivity contribution is -0.116. The topological polar surface area (TPSA) is 68.0 Å². The number of aryl methyl sites for hydroxylation is 1. The third-order valence-electron chi connectivity index (χ3n) is 1.36. The van der Waals surface area contributed by atoms with Crippen molar-refractivity contribution in [3.63, 3.8) is 0 Å². The number of hydrogen-bond donors (Lipinski definition) is 1. The van der Waals surface area contributed by atoms with Gasteiger partial charge < -0.3 is 5.32 Å². The second-order valence-corrected chi connectivity index (χ2v) is 2.22. The second kappa shape index (κ2) is 3.66. The highest BCUT2D eigenvalue weighted by molar-refractivity contribution is 5.86. The monoisotopic (exact) mass is 167 g/mol. The minimum Gasteiger partial charge on any atom is -0.347 e. The molecular formula is C7H9N3O2. The summed E-state index contributed by atoms with van der Waals surface area (Å²) in [6.07, 6.45) is 1.20. The highest BCUT2D eigenvalue weighted by atomic mass is 16.6. The molecule has 1 aromatic rings. The Bertz CT molecular complexity index is 293. The van der Waals surface area contributed by atoms with Gasteiger partial charge in [0, 0.05) is 0 Å². The number of amides is 1. The number of rotatable bonds is 3. The summed E-state index contributed by atoms with van der Waals surface area (Å²) in [7, 11) is 0. The van der Waals surface area contributed by atoms with Crippen molar-refractivity contribution in [2.24, 2.45) is 0 Å². The number of hydrogen-bond acceptors (Lipinski definition) is 4. The van der Waals surface area contributed by atoms with Gasteiger partial charge in [-0.2, -0.15) is 0 Å². The lowest BCUT2D eigenvalue weighted by Crippen LogP contribution is -2.20. The molecule has 1 amide bonds.